The van der Waals surface area contributed by atoms with E-state index in [0.29, 0.717) is 12.1 Å². The molecule has 0 saturated heterocycles. The molecule has 3 heterocycles. The Labute approximate surface area is 170 Å². The summed E-state index contributed by atoms with van der Waals surface area (Å²) in [6.07, 6.45) is 2.92. The maximum atomic E-state index is 12.6. The van der Waals surface area contributed by atoms with Crippen molar-refractivity contribution in [3.8, 4) is 0 Å². The number of nitrogens with zero attached hydrogens (tertiary/aromatic N) is 2. The number of pyridine rings is 1. The van der Waals surface area contributed by atoms with Gasteiger partial charge in [-0.2, -0.15) is 0 Å². The molecule has 1 aliphatic rings. The summed E-state index contributed by atoms with van der Waals surface area (Å²) in [6.45, 7) is 6.22. The van der Waals surface area contributed by atoms with Gasteiger partial charge in [0.25, 0.3) is 5.91 Å². The Morgan fingerprint density at radius 3 is 2.89 bits per heavy atom. The lowest BCUT2D eigenvalue weighted by atomic mass is 9.96. The van der Waals surface area contributed by atoms with Crippen LogP contribution in [0.3, 0.4) is 0 Å². The first kappa shape index (κ1) is 21.2. The molecule has 0 bridgehead atoms. The molecule has 0 spiro atoms. The van der Waals surface area contributed by atoms with Gasteiger partial charge in [-0.1, -0.05) is 0 Å². The molecule has 2 aromatic heterocycles. The van der Waals surface area contributed by atoms with Gasteiger partial charge in [-0.25, -0.2) is 4.98 Å². The molecule has 0 atom stereocenters. The Bertz CT molecular complexity index is 970. The lowest BCUT2D eigenvalue weighted by Crippen LogP contribution is -2.28. The number of hydrogen-bond donors (Lipinski definition) is 3. The summed E-state index contributed by atoms with van der Waals surface area (Å²) >= 11 is 0. The van der Waals surface area contributed by atoms with Crippen molar-refractivity contribution >= 4 is 41.8 Å². The first-order chi connectivity index (χ1) is 12.1. The van der Waals surface area contributed by atoms with Crippen LogP contribution >= 0.6 is 24.8 Å². The summed E-state index contributed by atoms with van der Waals surface area (Å²) in [7, 11) is 0. The number of aromatic amines is 1. The monoisotopic (exact) mass is 407 g/mol. The van der Waals surface area contributed by atoms with E-state index in [1.807, 2.05) is 38.2 Å². The molecule has 1 aliphatic heterocycles. The number of amides is 1. The molecule has 0 aliphatic carbocycles. The number of halogens is 2. The highest BCUT2D eigenvalue weighted by molar-refractivity contribution is 5.97. The average Bonchev–Trinajstić information content (AvgIpc) is 2.99. The summed E-state index contributed by atoms with van der Waals surface area (Å²) in [5.74, 6) is 0.763. The van der Waals surface area contributed by atoms with E-state index in [1.165, 1.54) is 11.1 Å². The fraction of sp³-hybridized carbons (Fsp3) is 0.316. The second-order valence-corrected chi connectivity index (χ2v) is 6.49. The van der Waals surface area contributed by atoms with E-state index in [0.717, 1.165) is 47.6 Å². The molecule has 27 heavy (non-hydrogen) atoms. The molecule has 4 rings (SSSR count). The van der Waals surface area contributed by atoms with E-state index in [2.05, 4.69) is 25.6 Å². The molecular weight excluding hydrogens is 385 g/mol. The number of fused-ring (bicyclic) bond motifs is 2. The molecule has 8 heteroatoms. The maximum Gasteiger partial charge on any atom is 0.251 e. The van der Waals surface area contributed by atoms with Crippen molar-refractivity contribution in [2.24, 2.45) is 0 Å². The van der Waals surface area contributed by atoms with Gasteiger partial charge in [0, 0.05) is 30.5 Å². The van der Waals surface area contributed by atoms with E-state index >= 15 is 0 Å². The number of rotatable bonds is 3. The number of benzene rings is 1. The van der Waals surface area contributed by atoms with E-state index in [9.17, 15) is 4.79 Å². The van der Waals surface area contributed by atoms with Gasteiger partial charge in [-0.15, -0.1) is 24.8 Å². The van der Waals surface area contributed by atoms with Gasteiger partial charge in [0.2, 0.25) is 0 Å². The van der Waals surface area contributed by atoms with Crippen molar-refractivity contribution in [2.75, 3.05) is 6.54 Å². The van der Waals surface area contributed by atoms with Crippen molar-refractivity contribution in [3.05, 3.63) is 58.2 Å². The number of aryl methyl sites for hydroxylation is 2. The van der Waals surface area contributed by atoms with Crippen molar-refractivity contribution in [1.29, 1.82) is 0 Å². The number of carbonyl (C=O) groups excluding carboxylic acids is 1. The number of nitrogens with one attached hydrogen (secondary N) is 3. The zero-order valence-corrected chi connectivity index (χ0v) is 16.9. The van der Waals surface area contributed by atoms with Crippen LogP contribution in [0.25, 0.3) is 11.0 Å². The van der Waals surface area contributed by atoms with Crippen LogP contribution in [0.1, 0.15) is 38.6 Å². The topological polar surface area (TPSA) is 82.7 Å². The third kappa shape index (κ3) is 4.24. The van der Waals surface area contributed by atoms with Crippen LogP contribution in [0.5, 0.6) is 0 Å². The molecule has 6 nitrogen and oxygen atoms in total. The van der Waals surface area contributed by atoms with E-state index in [1.54, 1.807) is 0 Å². The van der Waals surface area contributed by atoms with Crippen LogP contribution in [0.2, 0.25) is 0 Å². The first-order valence-corrected chi connectivity index (χ1v) is 8.53. The zero-order valence-electron chi connectivity index (χ0n) is 15.3. The van der Waals surface area contributed by atoms with Gasteiger partial charge in [-0.3, -0.25) is 9.78 Å². The van der Waals surface area contributed by atoms with Crippen LogP contribution in [-0.2, 0) is 19.5 Å². The summed E-state index contributed by atoms with van der Waals surface area (Å²) in [6, 6.07) is 5.53. The van der Waals surface area contributed by atoms with Gasteiger partial charge in [-0.05, 0) is 61.7 Å². The third-order valence-corrected chi connectivity index (χ3v) is 4.76. The first-order valence-electron chi connectivity index (χ1n) is 8.53. The Hall–Kier alpha value is -2.15. The number of H-pyrrole nitrogens is 1. The quantitative estimate of drug-likeness (QED) is 0.622. The molecule has 3 N–H and O–H groups in total. The van der Waals surface area contributed by atoms with Crippen LogP contribution < -0.4 is 10.6 Å². The molecular formula is C19H23Cl2N5O. The second-order valence-electron chi connectivity index (χ2n) is 6.49. The Morgan fingerprint density at radius 1 is 1.26 bits per heavy atom. The Morgan fingerprint density at radius 2 is 2.07 bits per heavy atom. The SMILES string of the molecule is Cc1nc2ccc(C(=O)NCc3c(C)ncc4c3CCNC4)cc2[nH]1.Cl.Cl. The predicted octanol–water partition coefficient (Wildman–Crippen LogP) is 2.99. The zero-order chi connectivity index (χ0) is 17.4. The molecule has 144 valence electrons. The van der Waals surface area contributed by atoms with Gasteiger partial charge in [0.15, 0.2) is 0 Å². The molecule has 0 unspecified atom stereocenters. The van der Waals surface area contributed by atoms with Crippen LogP contribution in [0, 0.1) is 13.8 Å². The highest BCUT2D eigenvalue weighted by Crippen LogP contribution is 2.20. The lowest BCUT2D eigenvalue weighted by Gasteiger charge is -2.21. The number of carbonyl (C=O) groups is 1. The summed E-state index contributed by atoms with van der Waals surface area (Å²) in [5.41, 5.74) is 7.08. The highest BCUT2D eigenvalue weighted by Gasteiger charge is 2.16. The molecule has 0 fully saturated rings. The van der Waals surface area contributed by atoms with Crippen LogP contribution in [0.15, 0.2) is 24.4 Å². The van der Waals surface area contributed by atoms with E-state index in [4.69, 9.17) is 0 Å². The summed E-state index contributed by atoms with van der Waals surface area (Å²) in [5, 5.41) is 6.40. The predicted molar refractivity (Wildman–Crippen MR) is 111 cm³/mol. The number of aromatic nitrogens is 3. The molecule has 1 amide bonds. The van der Waals surface area contributed by atoms with Crippen molar-refractivity contribution < 1.29 is 4.79 Å². The van der Waals surface area contributed by atoms with Crippen molar-refractivity contribution in [3.63, 3.8) is 0 Å². The van der Waals surface area contributed by atoms with Crippen molar-refractivity contribution in [1.82, 2.24) is 25.6 Å². The average molecular weight is 408 g/mol. The maximum absolute atomic E-state index is 12.6. The van der Waals surface area contributed by atoms with E-state index < -0.39 is 0 Å². The normalized spacial score (nSPS) is 12.7. The summed E-state index contributed by atoms with van der Waals surface area (Å²) < 4.78 is 0. The summed E-state index contributed by atoms with van der Waals surface area (Å²) in [4.78, 5) is 24.6. The van der Waals surface area contributed by atoms with Crippen LogP contribution in [-0.4, -0.2) is 27.4 Å². The smallest absolute Gasteiger partial charge is 0.251 e. The minimum Gasteiger partial charge on any atom is -0.348 e. The molecule has 0 radical (unpaired) electrons. The molecule has 1 aromatic carbocycles. The Balaban J connectivity index is 0.00000131. The van der Waals surface area contributed by atoms with Gasteiger partial charge < -0.3 is 15.6 Å². The minimum atomic E-state index is -0.0832. The molecule has 3 aromatic rings. The standard InChI is InChI=1S/C19H21N5O.2ClH/c1-11-16(15-5-6-20-8-14(15)9-21-11)10-22-19(25)13-3-4-17-18(7-13)24-12(2)23-17;;/h3-4,7,9,20H,5-6,8,10H2,1-2H3,(H,22,25)(H,23,24);2*1H. The van der Waals surface area contributed by atoms with Gasteiger partial charge in [0.05, 0.1) is 11.0 Å². The fourth-order valence-electron chi connectivity index (χ4n) is 3.43. The van der Waals surface area contributed by atoms with Crippen LogP contribution in [0.4, 0.5) is 0 Å². The number of hydrogen-bond acceptors (Lipinski definition) is 4. The number of imidazole rings is 1. The fourth-order valence-corrected chi connectivity index (χ4v) is 3.43. The third-order valence-electron chi connectivity index (χ3n) is 4.76. The molecule has 0 saturated carbocycles. The second kappa shape index (κ2) is 8.69. The lowest BCUT2D eigenvalue weighted by molar-refractivity contribution is 0.0951. The van der Waals surface area contributed by atoms with Gasteiger partial charge >= 0.3 is 0 Å². The Kier molecular flexibility index (Phi) is 6.81. The minimum absolute atomic E-state index is 0. The van der Waals surface area contributed by atoms with E-state index in [-0.39, 0.29) is 30.7 Å². The largest absolute Gasteiger partial charge is 0.348 e. The highest BCUT2D eigenvalue weighted by atomic mass is 35.5. The van der Waals surface area contributed by atoms with Gasteiger partial charge in [0.1, 0.15) is 5.82 Å². The van der Waals surface area contributed by atoms with Crippen molar-refractivity contribution in [2.45, 2.75) is 33.4 Å².